The standard InChI is InChI=1S/C21H24ClNO2/c1-16(25-20-8-3-2-4-9-20)21(24)23-14-6-5-7-18(15-23)17-10-12-19(22)13-11-17/h2-4,8-13,16,18H,5-7,14-15H2,1H3. The zero-order chi connectivity index (χ0) is 17.6. The topological polar surface area (TPSA) is 29.5 Å². The molecule has 0 aromatic heterocycles. The highest BCUT2D eigenvalue weighted by Gasteiger charge is 2.27. The van der Waals surface area contributed by atoms with Gasteiger partial charge in [0.1, 0.15) is 5.75 Å². The molecule has 3 nitrogen and oxygen atoms in total. The second-order valence-electron chi connectivity index (χ2n) is 6.60. The Bertz CT molecular complexity index is 687. The molecule has 1 saturated heterocycles. The van der Waals surface area contributed by atoms with E-state index in [0.717, 1.165) is 43.1 Å². The third-order valence-corrected chi connectivity index (χ3v) is 4.98. The second-order valence-corrected chi connectivity index (χ2v) is 7.04. The van der Waals surface area contributed by atoms with Crippen LogP contribution in [-0.2, 0) is 4.79 Å². The summed E-state index contributed by atoms with van der Waals surface area (Å²) in [6.45, 7) is 3.37. The maximum absolute atomic E-state index is 12.9. The molecule has 2 aromatic carbocycles. The van der Waals surface area contributed by atoms with Crippen LogP contribution in [0.4, 0.5) is 0 Å². The van der Waals surface area contributed by atoms with Crippen molar-refractivity contribution >= 4 is 17.5 Å². The van der Waals surface area contributed by atoms with Crippen molar-refractivity contribution in [3.05, 3.63) is 65.2 Å². The first-order valence-corrected chi connectivity index (χ1v) is 9.27. The van der Waals surface area contributed by atoms with Gasteiger partial charge in [-0.25, -0.2) is 0 Å². The Hall–Kier alpha value is -2.00. The summed E-state index contributed by atoms with van der Waals surface area (Å²) in [7, 11) is 0. The van der Waals surface area contributed by atoms with Crippen LogP contribution in [0.3, 0.4) is 0 Å². The van der Waals surface area contributed by atoms with Gasteiger partial charge < -0.3 is 9.64 Å². The molecule has 0 radical (unpaired) electrons. The highest BCUT2D eigenvalue weighted by molar-refractivity contribution is 6.30. The van der Waals surface area contributed by atoms with E-state index in [9.17, 15) is 4.79 Å². The fraction of sp³-hybridized carbons (Fsp3) is 0.381. The van der Waals surface area contributed by atoms with Gasteiger partial charge in [-0.2, -0.15) is 0 Å². The maximum Gasteiger partial charge on any atom is 0.263 e. The van der Waals surface area contributed by atoms with Gasteiger partial charge in [0.25, 0.3) is 5.91 Å². The minimum atomic E-state index is -0.480. The molecule has 2 unspecified atom stereocenters. The Kier molecular flexibility index (Phi) is 5.98. The van der Waals surface area contributed by atoms with Crippen molar-refractivity contribution in [1.29, 1.82) is 0 Å². The van der Waals surface area contributed by atoms with Crippen LogP contribution in [0.25, 0.3) is 0 Å². The Morgan fingerprint density at radius 1 is 1.12 bits per heavy atom. The highest BCUT2D eigenvalue weighted by Crippen LogP contribution is 2.28. The number of hydrogen-bond donors (Lipinski definition) is 0. The lowest BCUT2D eigenvalue weighted by Crippen LogP contribution is -2.42. The van der Waals surface area contributed by atoms with Crippen LogP contribution >= 0.6 is 11.6 Å². The number of para-hydroxylation sites is 1. The molecule has 1 aliphatic heterocycles. The largest absolute Gasteiger partial charge is 0.481 e. The molecule has 1 heterocycles. The van der Waals surface area contributed by atoms with Crippen LogP contribution in [0, 0.1) is 0 Å². The summed E-state index contributed by atoms with van der Waals surface area (Å²) in [6.07, 6.45) is 2.78. The van der Waals surface area contributed by atoms with E-state index < -0.39 is 6.10 Å². The van der Waals surface area contributed by atoms with Gasteiger partial charge >= 0.3 is 0 Å². The third kappa shape index (κ3) is 4.76. The normalized spacial score (nSPS) is 19.1. The number of carbonyl (C=O) groups is 1. The Labute approximate surface area is 154 Å². The van der Waals surface area contributed by atoms with Crippen LogP contribution in [0.5, 0.6) is 5.75 Å². The molecule has 3 rings (SSSR count). The summed E-state index contributed by atoms with van der Waals surface area (Å²) in [5.41, 5.74) is 1.25. The van der Waals surface area contributed by atoms with Gasteiger partial charge in [0.15, 0.2) is 6.10 Å². The molecule has 0 N–H and O–H groups in total. The molecular weight excluding hydrogens is 334 g/mol. The van der Waals surface area contributed by atoms with Gasteiger partial charge in [-0.05, 0) is 49.6 Å². The second kappa shape index (κ2) is 8.39. The molecule has 0 bridgehead atoms. The van der Waals surface area contributed by atoms with Crippen molar-refractivity contribution in [3.8, 4) is 5.75 Å². The van der Waals surface area contributed by atoms with E-state index in [1.165, 1.54) is 5.56 Å². The van der Waals surface area contributed by atoms with Crippen LogP contribution < -0.4 is 4.74 Å². The van der Waals surface area contributed by atoms with Crippen LogP contribution in [-0.4, -0.2) is 30.0 Å². The van der Waals surface area contributed by atoms with Gasteiger partial charge in [0.05, 0.1) is 0 Å². The summed E-state index contributed by atoms with van der Waals surface area (Å²) in [5.74, 6) is 1.14. The molecule has 1 aliphatic rings. The molecule has 132 valence electrons. The van der Waals surface area contributed by atoms with E-state index in [-0.39, 0.29) is 5.91 Å². The molecule has 1 fully saturated rings. The molecule has 0 spiro atoms. The number of carbonyl (C=O) groups excluding carboxylic acids is 1. The number of likely N-dealkylation sites (tertiary alicyclic amines) is 1. The van der Waals surface area contributed by atoms with Crippen molar-refractivity contribution in [1.82, 2.24) is 4.90 Å². The lowest BCUT2D eigenvalue weighted by Gasteiger charge is -2.27. The summed E-state index contributed by atoms with van der Waals surface area (Å²) < 4.78 is 5.82. The minimum Gasteiger partial charge on any atom is -0.481 e. The average molecular weight is 358 g/mol. The number of amides is 1. The minimum absolute atomic E-state index is 0.0599. The van der Waals surface area contributed by atoms with E-state index >= 15 is 0 Å². The Morgan fingerprint density at radius 2 is 1.84 bits per heavy atom. The summed E-state index contributed by atoms with van der Waals surface area (Å²) >= 11 is 6.00. The van der Waals surface area contributed by atoms with Crippen molar-refractivity contribution in [3.63, 3.8) is 0 Å². The fourth-order valence-corrected chi connectivity index (χ4v) is 3.49. The lowest BCUT2D eigenvalue weighted by molar-refractivity contribution is -0.138. The van der Waals surface area contributed by atoms with Crippen molar-refractivity contribution in [2.24, 2.45) is 0 Å². The van der Waals surface area contributed by atoms with Crippen LogP contribution in [0.2, 0.25) is 5.02 Å². The first kappa shape index (κ1) is 17.8. The first-order chi connectivity index (χ1) is 12.1. The van der Waals surface area contributed by atoms with Gasteiger partial charge in [-0.3, -0.25) is 4.79 Å². The van der Waals surface area contributed by atoms with Gasteiger partial charge in [-0.1, -0.05) is 48.4 Å². The zero-order valence-electron chi connectivity index (χ0n) is 14.5. The van der Waals surface area contributed by atoms with E-state index in [4.69, 9.17) is 16.3 Å². The van der Waals surface area contributed by atoms with E-state index in [0.29, 0.717) is 5.92 Å². The predicted octanol–water partition coefficient (Wildman–Crippen LogP) is 4.90. The molecule has 4 heteroatoms. The summed E-state index contributed by atoms with van der Waals surface area (Å²) in [5, 5.41) is 0.746. The molecule has 2 atom stereocenters. The van der Waals surface area contributed by atoms with E-state index in [2.05, 4.69) is 12.1 Å². The van der Waals surface area contributed by atoms with Gasteiger partial charge in [-0.15, -0.1) is 0 Å². The summed E-state index contributed by atoms with van der Waals surface area (Å²) in [6, 6.07) is 17.5. The Balaban J connectivity index is 1.67. The molecule has 0 saturated carbocycles. The number of ether oxygens (including phenoxy) is 1. The average Bonchev–Trinajstić information content (AvgIpc) is 2.89. The summed E-state index contributed by atoms with van der Waals surface area (Å²) in [4.78, 5) is 14.8. The molecule has 0 aliphatic carbocycles. The molecule has 25 heavy (non-hydrogen) atoms. The maximum atomic E-state index is 12.9. The van der Waals surface area contributed by atoms with Crippen molar-refractivity contribution in [2.75, 3.05) is 13.1 Å². The number of hydrogen-bond acceptors (Lipinski definition) is 2. The van der Waals surface area contributed by atoms with Gasteiger partial charge in [0, 0.05) is 24.0 Å². The molecule has 2 aromatic rings. The van der Waals surface area contributed by atoms with Gasteiger partial charge in [0.2, 0.25) is 0 Å². The predicted molar refractivity (Wildman–Crippen MR) is 101 cm³/mol. The lowest BCUT2D eigenvalue weighted by atomic mass is 9.94. The first-order valence-electron chi connectivity index (χ1n) is 8.89. The SMILES string of the molecule is CC(Oc1ccccc1)C(=O)N1CCCCC(c2ccc(Cl)cc2)C1. The van der Waals surface area contributed by atoms with E-state index in [1.54, 1.807) is 0 Å². The van der Waals surface area contributed by atoms with Crippen LogP contribution in [0.15, 0.2) is 54.6 Å². The number of nitrogens with zero attached hydrogens (tertiary/aromatic N) is 1. The number of halogens is 1. The Morgan fingerprint density at radius 3 is 2.56 bits per heavy atom. The smallest absolute Gasteiger partial charge is 0.263 e. The quantitative estimate of drug-likeness (QED) is 0.778. The van der Waals surface area contributed by atoms with E-state index in [1.807, 2.05) is 54.3 Å². The van der Waals surface area contributed by atoms with Crippen molar-refractivity contribution in [2.45, 2.75) is 38.2 Å². The zero-order valence-corrected chi connectivity index (χ0v) is 15.3. The number of benzene rings is 2. The van der Waals surface area contributed by atoms with Crippen molar-refractivity contribution < 1.29 is 9.53 Å². The third-order valence-electron chi connectivity index (χ3n) is 4.73. The molecule has 1 amide bonds. The van der Waals surface area contributed by atoms with Crippen LogP contribution in [0.1, 0.15) is 37.7 Å². The fourth-order valence-electron chi connectivity index (χ4n) is 3.36. The molecular formula is C21H24ClNO2. The number of rotatable bonds is 4. The highest BCUT2D eigenvalue weighted by atomic mass is 35.5. The monoisotopic (exact) mass is 357 g/mol.